The van der Waals surface area contributed by atoms with E-state index in [0.29, 0.717) is 33.8 Å². The summed E-state index contributed by atoms with van der Waals surface area (Å²) in [5.41, 5.74) is -1.38. The second kappa shape index (κ2) is 6.59. The molecule has 0 saturated carbocycles. The summed E-state index contributed by atoms with van der Waals surface area (Å²) in [6, 6.07) is 26.0. The first-order valence-corrected chi connectivity index (χ1v) is 9.81. The van der Waals surface area contributed by atoms with E-state index in [2.05, 4.69) is 0 Å². The topological polar surface area (TPSA) is 58.9 Å². The van der Waals surface area contributed by atoms with E-state index in [1.165, 1.54) is 0 Å². The molecule has 4 nitrogen and oxygen atoms in total. The first-order chi connectivity index (χ1) is 14.6. The zero-order chi connectivity index (χ0) is 20.9. The Morgan fingerprint density at radius 2 is 0.967 bits per heavy atom. The summed E-state index contributed by atoms with van der Waals surface area (Å²) in [4.78, 5) is 0. The number of rotatable bonds is 4. The molecule has 2 unspecified atom stereocenters. The molecule has 0 amide bonds. The van der Waals surface area contributed by atoms with Crippen LogP contribution in [0.3, 0.4) is 0 Å². The van der Waals surface area contributed by atoms with Gasteiger partial charge < -0.3 is 19.7 Å². The molecule has 0 radical (unpaired) electrons. The van der Waals surface area contributed by atoms with Crippen LogP contribution in [0.4, 0.5) is 0 Å². The van der Waals surface area contributed by atoms with Gasteiger partial charge in [0.1, 0.15) is 11.5 Å². The van der Waals surface area contributed by atoms with Gasteiger partial charge >= 0.3 is 0 Å². The summed E-state index contributed by atoms with van der Waals surface area (Å²) in [5.74, 6) is 1.02. The molecule has 2 atom stereocenters. The lowest BCUT2D eigenvalue weighted by Crippen LogP contribution is -2.48. The lowest BCUT2D eigenvalue weighted by atomic mass is 9.71. The maximum atomic E-state index is 12.5. The third-order valence-corrected chi connectivity index (χ3v) is 6.18. The minimum atomic E-state index is -1.79. The number of aliphatic hydroxyl groups is 2. The van der Waals surface area contributed by atoms with Crippen LogP contribution >= 0.6 is 0 Å². The summed E-state index contributed by atoms with van der Waals surface area (Å²) in [6.45, 7) is 0. The molecule has 0 heterocycles. The Morgan fingerprint density at radius 3 is 1.33 bits per heavy atom. The molecule has 1 aliphatic rings. The lowest BCUT2D eigenvalue weighted by molar-refractivity contribution is -0.106. The van der Waals surface area contributed by atoms with Crippen LogP contribution in [-0.4, -0.2) is 24.4 Å². The molecule has 150 valence electrons. The first-order valence-electron chi connectivity index (χ1n) is 9.81. The van der Waals surface area contributed by atoms with E-state index in [1.54, 1.807) is 14.2 Å². The van der Waals surface area contributed by atoms with Gasteiger partial charge in [0.15, 0.2) is 11.2 Å². The summed E-state index contributed by atoms with van der Waals surface area (Å²) >= 11 is 0. The van der Waals surface area contributed by atoms with Crippen LogP contribution in [-0.2, 0) is 11.2 Å². The maximum Gasteiger partial charge on any atom is 0.156 e. The van der Waals surface area contributed by atoms with Crippen molar-refractivity contribution < 1.29 is 19.7 Å². The molecular weight excluding hydrogens is 376 g/mol. The Bertz CT molecular complexity index is 1140. The van der Waals surface area contributed by atoms with Gasteiger partial charge in [-0.2, -0.15) is 0 Å². The monoisotopic (exact) mass is 398 g/mol. The summed E-state index contributed by atoms with van der Waals surface area (Å²) < 4.78 is 11.4. The van der Waals surface area contributed by atoms with E-state index in [9.17, 15) is 10.2 Å². The standard InChI is InChI=1S/C26H22O4/c1-29-20-15-13-17-14-16-21(30-2)24-22(17)23(20)25(27,18-9-5-3-6-10-18)26(24,28)19-11-7-4-8-12-19/h3-16,27-28H,1-2H3. The van der Waals surface area contributed by atoms with Gasteiger partial charge in [0.05, 0.1) is 14.2 Å². The Kier molecular flexibility index (Phi) is 4.10. The van der Waals surface area contributed by atoms with Crippen molar-refractivity contribution >= 4 is 10.8 Å². The van der Waals surface area contributed by atoms with Crippen molar-refractivity contribution in [2.24, 2.45) is 0 Å². The summed E-state index contributed by atoms with van der Waals surface area (Å²) in [5, 5.41) is 26.7. The highest BCUT2D eigenvalue weighted by atomic mass is 16.5. The van der Waals surface area contributed by atoms with Crippen LogP contribution in [0.2, 0.25) is 0 Å². The van der Waals surface area contributed by atoms with Gasteiger partial charge in [0, 0.05) is 16.5 Å². The SMILES string of the molecule is COc1ccc2ccc(OC)c3c2c1C(O)(c1ccccc1)C3(O)c1ccccc1. The Balaban J connectivity index is 2.03. The molecular formula is C26H22O4. The Hall–Kier alpha value is -3.34. The number of methoxy groups -OCH3 is 2. The predicted molar refractivity (Wildman–Crippen MR) is 116 cm³/mol. The second-order valence-corrected chi connectivity index (χ2v) is 7.54. The molecule has 0 saturated heterocycles. The molecule has 0 fully saturated rings. The molecule has 0 spiro atoms. The highest BCUT2D eigenvalue weighted by Gasteiger charge is 2.62. The van der Waals surface area contributed by atoms with Crippen molar-refractivity contribution in [2.45, 2.75) is 11.2 Å². The third-order valence-electron chi connectivity index (χ3n) is 6.18. The van der Waals surface area contributed by atoms with Crippen molar-refractivity contribution in [1.29, 1.82) is 0 Å². The Morgan fingerprint density at radius 1 is 0.567 bits per heavy atom. The van der Waals surface area contributed by atoms with Crippen molar-refractivity contribution in [1.82, 2.24) is 0 Å². The fourth-order valence-electron chi connectivity index (χ4n) is 4.87. The number of ether oxygens (including phenoxy) is 2. The van der Waals surface area contributed by atoms with Gasteiger partial charge in [-0.05, 0) is 28.6 Å². The molecule has 2 N–H and O–H groups in total. The van der Waals surface area contributed by atoms with Crippen LogP contribution < -0.4 is 9.47 Å². The number of hydrogen-bond donors (Lipinski definition) is 2. The van der Waals surface area contributed by atoms with E-state index in [4.69, 9.17) is 9.47 Å². The molecule has 4 aromatic carbocycles. The van der Waals surface area contributed by atoms with E-state index in [0.717, 1.165) is 10.8 Å². The van der Waals surface area contributed by atoms with Gasteiger partial charge in [-0.15, -0.1) is 0 Å². The number of hydrogen-bond acceptors (Lipinski definition) is 4. The number of benzene rings is 4. The third kappa shape index (κ3) is 2.18. The van der Waals surface area contributed by atoms with Gasteiger partial charge in [0.2, 0.25) is 0 Å². The average molecular weight is 398 g/mol. The summed E-state index contributed by atoms with van der Waals surface area (Å²) in [7, 11) is 3.14. The van der Waals surface area contributed by atoms with Gasteiger partial charge in [-0.1, -0.05) is 72.8 Å². The van der Waals surface area contributed by atoms with Crippen LogP contribution in [0.5, 0.6) is 11.5 Å². The molecule has 0 aliphatic heterocycles. The van der Waals surface area contributed by atoms with Crippen molar-refractivity contribution in [2.75, 3.05) is 14.2 Å². The van der Waals surface area contributed by atoms with E-state index in [-0.39, 0.29) is 0 Å². The van der Waals surface area contributed by atoms with Crippen molar-refractivity contribution in [3.8, 4) is 11.5 Å². The van der Waals surface area contributed by atoms with Gasteiger partial charge in [-0.25, -0.2) is 0 Å². The predicted octanol–water partition coefficient (Wildman–Crippen LogP) is 4.34. The largest absolute Gasteiger partial charge is 0.496 e. The normalized spacial score (nSPS) is 22.3. The molecule has 4 aromatic rings. The molecule has 0 bridgehead atoms. The zero-order valence-electron chi connectivity index (χ0n) is 16.8. The van der Waals surface area contributed by atoms with E-state index < -0.39 is 11.2 Å². The fourth-order valence-corrected chi connectivity index (χ4v) is 4.87. The highest BCUT2D eigenvalue weighted by molar-refractivity contribution is 5.98. The minimum Gasteiger partial charge on any atom is -0.496 e. The second-order valence-electron chi connectivity index (χ2n) is 7.54. The zero-order valence-corrected chi connectivity index (χ0v) is 16.8. The highest BCUT2D eigenvalue weighted by Crippen LogP contribution is 2.62. The van der Waals surface area contributed by atoms with Crippen LogP contribution in [0.25, 0.3) is 10.8 Å². The van der Waals surface area contributed by atoms with Crippen LogP contribution in [0.15, 0.2) is 84.9 Å². The van der Waals surface area contributed by atoms with Crippen molar-refractivity contribution in [3.05, 3.63) is 107 Å². The molecule has 5 rings (SSSR count). The molecule has 4 heteroatoms. The minimum absolute atomic E-state index is 0.509. The molecule has 1 aliphatic carbocycles. The first kappa shape index (κ1) is 18.7. The van der Waals surface area contributed by atoms with E-state index >= 15 is 0 Å². The van der Waals surface area contributed by atoms with Crippen LogP contribution in [0, 0.1) is 0 Å². The van der Waals surface area contributed by atoms with Gasteiger partial charge in [-0.3, -0.25) is 0 Å². The average Bonchev–Trinajstić information content (AvgIpc) is 3.03. The fraction of sp³-hybridized carbons (Fsp3) is 0.154. The lowest BCUT2D eigenvalue weighted by Gasteiger charge is -2.41. The molecule has 0 aromatic heterocycles. The quantitative estimate of drug-likeness (QED) is 0.537. The van der Waals surface area contributed by atoms with Crippen molar-refractivity contribution in [3.63, 3.8) is 0 Å². The maximum absolute atomic E-state index is 12.5. The summed E-state index contributed by atoms with van der Waals surface area (Å²) in [6.07, 6.45) is 0. The van der Waals surface area contributed by atoms with E-state index in [1.807, 2.05) is 84.9 Å². The Labute approximate surface area is 174 Å². The van der Waals surface area contributed by atoms with Crippen LogP contribution in [0.1, 0.15) is 22.3 Å². The van der Waals surface area contributed by atoms with Gasteiger partial charge in [0.25, 0.3) is 0 Å². The molecule has 30 heavy (non-hydrogen) atoms. The smallest absolute Gasteiger partial charge is 0.156 e.